The van der Waals surface area contributed by atoms with Gasteiger partial charge >= 0.3 is 0 Å². The number of hydrogen-bond donors (Lipinski definition) is 2. The van der Waals surface area contributed by atoms with Crippen molar-refractivity contribution in [3.63, 3.8) is 0 Å². The summed E-state index contributed by atoms with van der Waals surface area (Å²) in [6, 6.07) is 14.0. The summed E-state index contributed by atoms with van der Waals surface area (Å²) in [7, 11) is -4.30. The van der Waals surface area contributed by atoms with Crippen molar-refractivity contribution >= 4 is 27.4 Å². The fourth-order valence-corrected chi connectivity index (χ4v) is 2.64. The molecule has 4 nitrogen and oxygen atoms in total. The second-order valence-electron chi connectivity index (χ2n) is 3.96. The van der Waals surface area contributed by atoms with E-state index in [4.69, 9.17) is 16.2 Å². The maximum absolute atomic E-state index is 11.1. The Kier molecular flexibility index (Phi) is 4.09. The van der Waals surface area contributed by atoms with Crippen LogP contribution in [-0.4, -0.2) is 13.0 Å². The van der Waals surface area contributed by atoms with Crippen LogP contribution in [0.15, 0.2) is 53.4 Å². The highest BCUT2D eigenvalue weighted by Crippen LogP contribution is 2.22. The standard InChI is InChI=1S/C13H12ClNO3S/c14-12-7-6-10(8-13(12)19(16,17)18)9-15-11-4-2-1-3-5-11/h1-8,15H,9H2,(H,16,17,18). The molecule has 0 bridgehead atoms. The summed E-state index contributed by atoms with van der Waals surface area (Å²) in [6.45, 7) is 0.434. The number of hydrogen-bond acceptors (Lipinski definition) is 3. The second kappa shape index (κ2) is 5.61. The van der Waals surface area contributed by atoms with Crippen LogP contribution in [0.25, 0.3) is 0 Å². The molecule has 0 unspecified atom stereocenters. The number of anilines is 1. The fourth-order valence-electron chi connectivity index (χ4n) is 1.62. The Labute approximate surface area is 116 Å². The Balaban J connectivity index is 2.18. The minimum absolute atomic E-state index is 0.00552. The van der Waals surface area contributed by atoms with E-state index in [0.29, 0.717) is 12.1 Å². The number of benzene rings is 2. The average molecular weight is 298 g/mol. The van der Waals surface area contributed by atoms with Crippen LogP contribution in [-0.2, 0) is 16.7 Å². The van der Waals surface area contributed by atoms with Crippen molar-refractivity contribution in [2.24, 2.45) is 0 Å². The summed E-state index contributed by atoms with van der Waals surface area (Å²) >= 11 is 5.74. The molecule has 0 aliphatic rings. The molecule has 0 radical (unpaired) electrons. The van der Waals surface area contributed by atoms with E-state index in [0.717, 1.165) is 5.69 Å². The van der Waals surface area contributed by atoms with Gasteiger partial charge in [-0.2, -0.15) is 8.42 Å². The third-order valence-corrected chi connectivity index (χ3v) is 3.88. The molecule has 0 fully saturated rings. The van der Waals surface area contributed by atoms with Crippen LogP contribution in [0, 0.1) is 0 Å². The van der Waals surface area contributed by atoms with E-state index < -0.39 is 10.1 Å². The monoisotopic (exact) mass is 297 g/mol. The molecule has 100 valence electrons. The van der Waals surface area contributed by atoms with Crippen molar-refractivity contribution in [2.45, 2.75) is 11.4 Å². The first kappa shape index (κ1) is 13.9. The van der Waals surface area contributed by atoms with Crippen LogP contribution >= 0.6 is 11.6 Å². The van der Waals surface area contributed by atoms with Crippen molar-refractivity contribution in [3.8, 4) is 0 Å². The van der Waals surface area contributed by atoms with Crippen molar-refractivity contribution in [1.82, 2.24) is 0 Å². The number of rotatable bonds is 4. The molecule has 2 N–H and O–H groups in total. The topological polar surface area (TPSA) is 66.4 Å². The van der Waals surface area contributed by atoms with Crippen LogP contribution in [0.4, 0.5) is 5.69 Å². The quantitative estimate of drug-likeness (QED) is 0.851. The third kappa shape index (κ3) is 3.70. The lowest BCUT2D eigenvalue weighted by Gasteiger charge is -2.08. The largest absolute Gasteiger partial charge is 0.381 e. The zero-order valence-electron chi connectivity index (χ0n) is 9.88. The van der Waals surface area contributed by atoms with Gasteiger partial charge in [0.15, 0.2) is 0 Å². The molecule has 0 saturated carbocycles. The maximum Gasteiger partial charge on any atom is 0.296 e. The molecule has 2 rings (SSSR count). The summed E-state index contributed by atoms with van der Waals surface area (Å²) in [5.74, 6) is 0. The van der Waals surface area contributed by atoms with Gasteiger partial charge in [0.2, 0.25) is 0 Å². The molecule has 0 atom stereocenters. The molecule has 2 aromatic rings. The Morgan fingerprint density at radius 2 is 1.79 bits per heavy atom. The van der Waals surface area contributed by atoms with Gasteiger partial charge in [0.25, 0.3) is 10.1 Å². The van der Waals surface area contributed by atoms with Crippen LogP contribution in [0.1, 0.15) is 5.56 Å². The van der Waals surface area contributed by atoms with Gasteiger partial charge in [-0.3, -0.25) is 4.55 Å². The summed E-state index contributed by atoms with van der Waals surface area (Å²) in [6.07, 6.45) is 0. The highest BCUT2D eigenvalue weighted by Gasteiger charge is 2.14. The zero-order chi connectivity index (χ0) is 13.9. The van der Waals surface area contributed by atoms with E-state index >= 15 is 0 Å². The second-order valence-corrected chi connectivity index (χ2v) is 5.76. The van der Waals surface area contributed by atoms with E-state index in [9.17, 15) is 8.42 Å². The van der Waals surface area contributed by atoms with Gasteiger partial charge in [-0.05, 0) is 29.8 Å². The molecule has 19 heavy (non-hydrogen) atoms. The zero-order valence-corrected chi connectivity index (χ0v) is 11.4. The van der Waals surface area contributed by atoms with Gasteiger partial charge in [0, 0.05) is 12.2 Å². The summed E-state index contributed by atoms with van der Waals surface area (Å²) in [5.41, 5.74) is 1.63. The smallest absolute Gasteiger partial charge is 0.296 e. The molecule has 0 amide bonds. The summed E-state index contributed by atoms with van der Waals surface area (Å²) < 4.78 is 31.3. The van der Waals surface area contributed by atoms with Gasteiger partial charge in [-0.1, -0.05) is 35.9 Å². The highest BCUT2D eigenvalue weighted by molar-refractivity contribution is 7.86. The predicted octanol–water partition coefficient (Wildman–Crippen LogP) is 3.20. The molecule has 0 aliphatic carbocycles. The first-order valence-corrected chi connectivity index (χ1v) is 7.33. The van der Waals surface area contributed by atoms with E-state index in [1.54, 1.807) is 6.07 Å². The Hall–Kier alpha value is -1.56. The number of nitrogens with one attached hydrogen (secondary N) is 1. The Bertz CT molecular complexity index is 672. The van der Waals surface area contributed by atoms with Crippen LogP contribution in [0.3, 0.4) is 0 Å². The lowest BCUT2D eigenvalue weighted by atomic mass is 10.2. The lowest BCUT2D eigenvalue weighted by molar-refractivity contribution is 0.483. The minimum Gasteiger partial charge on any atom is -0.381 e. The Morgan fingerprint density at radius 3 is 2.42 bits per heavy atom. The molecule has 2 aromatic carbocycles. The molecule has 6 heteroatoms. The molecule has 0 heterocycles. The van der Waals surface area contributed by atoms with Crippen LogP contribution in [0.2, 0.25) is 5.02 Å². The van der Waals surface area contributed by atoms with Gasteiger partial charge in [-0.25, -0.2) is 0 Å². The van der Waals surface area contributed by atoms with Gasteiger partial charge in [-0.15, -0.1) is 0 Å². The molecule has 0 spiro atoms. The SMILES string of the molecule is O=S(=O)(O)c1cc(CNc2ccccc2)ccc1Cl. The van der Waals surface area contributed by atoms with Gasteiger partial charge < -0.3 is 5.32 Å². The van der Waals surface area contributed by atoms with Crippen molar-refractivity contribution in [3.05, 3.63) is 59.1 Å². The van der Waals surface area contributed by atoms with E-state index in [2.05, 4.69) is 5.32 Å². The first-order valence-electron chi connectivity index (χ1n) is 5.51. The highest BCUT2D eigenvalue weighted by atomic mass is 35.5. The molecule has 0 aromatic heterocycles. The van der Waals surface area contributed by atoms with Crippen molar-refractivity contribution in [1.29, 1.82) is 0 Å². The van der Waals surface area contributed by atoms with Crippen molar-refractivity contribution < 1.29 is 13.0 Å². The molecule has 0 aliphatic heterocycles. The minimum atomic E-state index is -4.30. The molecule has 0 saturated heterocycles. The molecular formula is C13H12ClNO3S. The average Bonchev–Trinajstić information content (AvgIpc) is 2.37. The normalized spacial score (nSPS) is 11.3. The Morgan fingerprint density at radius 1 is 1.11 bits per heavy atom. The molecular weight excluding hydrogens is 286 g/mol. The third-order valence-electron chi connectivity index (χ3n) is 2.54. The van der Waals surface area contributed by atoms with Gasteiger partial charge in [0.1, 0.15) is 4.90 Å². The summed E-state index contributed by atoms with van der Waals surface area (Å²) in [4.78, 5) is -0.276. The van der Waals surface area contributed by atoms with Crippen LogP contribution < -0.4 is 5.32 Å². The van der Waals surface area contributed by atoms with Crippen molar-refractivity contribution in [2.75, 3.05) is 5.32 Å². The van der Waals surface area contributed by atoms with Gasteiger partial charge in [0.05, 0.1) is 5.02 Å². The first-order chi connectivity index (χ1) is 8.97. The van der Waals surface area contributed by atoms with E-state index in [-0.39, 0.29) is 9.92 Å². The maximum atomic E-state index is 11.1. The van der Waals surface area contributed by atoms with E-state index in [1.165, 1.54) is 12.1 Å². The van der Waals surface area contributed by atoms with Crippen LogP contribution in [0.5, 0.6) is 0 Å². The number of halogens is 1. The number of para-hydroxylation sites is 1. The summed E-state index contributed by atoms with van der Waals surface area (Å²) in [5, 5.41) is 3.15. The predicted molar refractivity (Wildman–Crippen MR) is 75.0 cm³/mol. The lowest BCUT2D eigenvalue weighted by Crippen LogP contribution is -2.03. The van der Waals surface area contributed by atoms with E-state index in [1.807, 2.05) is 30.3 Å². The fraction of sp³-hybridized carbons (Fsp3) is 0.0769.